The number of hydrogen-bond donors (Lipinski definition) is 3. The Morgan fingerprint density at radius 2 is 1.94 bits per heavy atom. The van der Waals surface area contributed by atoms with Crippen LogP contribution in [0.25, 0.3) is 0 Å². The topological polar surface area (TPSA) is 92.4 Å². The van der Waals surface area contributed by atoms with E-state index in [1.165, 1.54) is 0 Å². The van der Waals surface area contributed by atoms with Crippen molar-refractivity contribution in [2.24, 2.45) is 11.7 Å². The van der Waals surface area contributed by atoms with E-state index in [1.54, 1.807) is 24.3 Å². The highest BCUT2D eigenvalue weighted by Crippen LogP contribution is 2.13. The molecule has 1 unspecified atom stereocenters. The lowest BCUT2D eigenvalue weighted by Crippen LogP contribution is -2.17. The molecule has 5 heteroatoms. The molecule has 0 spiro atoms. The molecule has 1 aromatic carbocycles. The van der Waals surface area contributed by atoms with E-state index in [4.69, 9.17) is 10.8 Å². The van der Waals surface area contributed by atoms with Crippen LogP contribution in [0.4, 0.5) is 5.69 Å². The molecule has 0 aliphatic rings. The fraction of sp³-hybridized carbons (Fsp3) is 0.385. The lowest BCUT2D eigenvalue weighted by molar-refractivity contribution is -0.138. The average molecular weight is 250 g/mol. The van der Waals surface area contributed by atoms with Crippen molar-refractivity contribution in [1.82, 2.24) is 0 Å². The van der Waals surface area contributed by atoms with E-state index in [0.29, 0.717) is 12.1 Å². The summed E-state index contributed by atoms with van der Waals surface area (Å²) in [6.07, 6.45) is 0.960. The van der Waals surface area contributed by atoms with E-state index in [9.17, 15) is 9.59 Å². The summed E-state index contributed by atoms with van der Waals surface area (Å²) in [5.74, 6) is -1.15. The highest BCUT2D eigenvalue weighted by atomic mass is 16.4. The van der Waals surface area contributed by atoms with Crippen LogP contribution in [0.5, 0.6) is 0 Å². The summed E-state index contributed by atoms with van der Waals surface area (Å²) in [5, 5.41) is 11.9. The first kappa shape index (κ1) is 14.0. The summed E-state index contributed by atoms with van der Waals surface area (Å²) in [7, 11) is 0. The number of rotatable bonds is 7. The smallest absolute Gasteiger partial charge is 0.303 e. The molecule has 0 saturated carbocycles. The number of carbonyl (C=O) groups excluding carboxylic acids is 1. The van der Waals surface area contributed by atoms with Crippen molar-refractivity contribution in [3.8, 4) is 0 Å². The van der Waals surface area contributed by atoms with Gasteiger partial charge in [-0.3, -0.25) is 9.59 Å². The number of aliphatic carboxylic acids is 1. The number of carboxylic acids is 1. The summed E-state index contributed by atoms with van der Waals surface area (Å²) in [4.78, 5) is 21.5. The fourth-order valence-electron chi connectivity index (χ4n) is 1.62. The molecule has 0 aliphatic carbocycles. The maximum atomic E-state index is 10.9. The number of carbonyl (C=O) groups is 2. The van der Waals surface area contributed by atoms with Gasteiger partial charge in [-0.2, -0.15) is 0 Å². The zero-order chi connectivity index (χ0) is 13.5. The molecule has 0 bridgehead atoms. The molecule has 1 atom stereocenters. The van der Waals surface area contributed by atoms with Crippen molar-refractivity contribution >= 4 is 17.6 Å². The van der Waals surface area contributed by atoms with Crippen LogP contribution in [0.2, 0.25) is 0 Å². The van der Waals surface area contributed by atoms with E-state index in [2.05, 4.69) is 5.32 Å². The van der Waals surface area contributed by atoms with Gasteiger partial charge in [-0.05, 0) is 30.2 Å². The Morgan fingerprint density at radius 1 is 1.33 bits per heavy atom. The summed E-state index contributed by atoms with van der Waals surface area (Å²) in [6, 6.07) is 6.80. The number of carboxylic acid groups (broad SMARTS) is 1. The van der Waals surface area contributed by atoms with Gasteiger partial charge in [0.05, 0.1) is 0 Å². The quantitative estimate of drug-likeness (QED) is 0.686. The first-order valence-electron chi connectivity index (χ1n) is 5.88. The number of nitrogens with one attached hydrogen (secondary N) is 1. The van der Waals surface area contributed by atoms with Gasteiger partial charge in [0.1, 0.15) is 0 Å². The van der Waals surface area contributed by atoms with Crippen molar-refractivity contribution in [3.63, 3.8) is 0 Å². The predicted octanol–water partition coefficient (Wildman–Crippen LogP) is 1.70. The Morgan fingerprint density at radius 3 is 2.39 bits per heavy atom. The van der Waals surface area contributed by atoms with Gasteiger partial charge < -0.3 is 16.2 Å². The van der Waals surface area contributed by atoms with Gasteiger partial charge in [-0.15, -0.1) is 0 Å². The molecule has 0 aromatic heterocycles. The minimum atomic E-state index is -0.785. The van der Waals surface area contributed by atoms with Crippen molar-refractivity contribution < 1.29 is 14.7 Å². The molecule has 98 valence electrons. The number of amides is 1. The monoisotopic (exact) mass is 250 g/mol. The number of anilines is 1. The van der Waals surface area contributed by atoms with E-state index < -0.39 is 11.9 Å². The standard InChI is InChI=1S/C13H18N2O3/c1-2-9(7-12(16)17)8-15-11-5-3-10(4-6-11)13(14)18/h3-6,9,15H,2,7-8H2,1H3,(H2,14,18)(H,16,17). The van der Waals surface area contributed by atoms with Gasteiger partial charge in [-0.1, -0.05) is 13.3 Å². The van der Waals surface area contributed by atoms with Gasteiger partial charge >= 0.3 is 5.97 Å². The average Bonchev–Trinajstić information content (AvgIpc) is 2.34. The molecule has 1 rings (SSSR count). The van der Waals surface area contributed by atoms with Crippen LogP contribution >= 0.6 is 0 Å². The lowest BCUT2D eigenvalue weighted by Gasteiger charge is -2.14. The second-order valence-electron chi connectivity index (χ2n) is 4.19. The molecule has 5 nitrogen and oxygen atoms in total. The predicted molar refractivity (Wildman–Crippen MR) is 69.5 cm³/mol. The number of hydrogen-bond acceptors (Lipinski definition) is 3. The largest absolute Gasteiger partial charge is 0.481 e. The second-order valence-corrected chi connectivity index (χ2v) is 4.19. The van der Waals surface area contributed by atoms with E-state index >= 15 is 0 Å². The van der Waals surface area contributed by atoms with E-state index in [-0.39, 0.29) is 12.3 Å². The van der Waals surface area contributed by atoms with Crippen LogP contribution in [0.15, 0.2) is 24.3 Å². The summed E-state index contributed by atoms with van der Waals surface area (Å²) in [6.45, 7) is 2.56. The van der Waals surface area contributed by atoms with Gasteiger partial charge in [-0.25, -0.2) is 0 Å². The van der Waals surface area contributed by atoms with Crippen LogP contribution in [-0.2, 0) is 4.79 Å². The van der Waals surface area contributed by atoms with Gasteiger partial charge in [0.15, 0.2) is 0 Å². The van der Waals surface area contributed by atoms with Crippen LogP contribution in [0, 0.1) is 5.92 Å². The zero-order valence-electron chi connectivity index (χ0n) is 10.3. The minimum Gasteiger partial charge on any atom is -0.481 e. The maximum absolute atomic E-state index is 10.9. The third kappa shape index (κ3) is 4.45. The SMILES string of the molecule is CCC(CNc1ccc(C(N)=O)cc1)CC(=O)O. The van der Waals surface area contributed by atoms with Gasteiger partial charge in [0.25, 0.3) is 0 Å². The van der Waals surface area contributed by atoms with Crippen molar-refractivity contribution in [1.29, 1.82) is 0 Å². The molecule has 1 amide bonds. The normalized spacial score (nSPS) is 11.8. The lowest BCUT2D eigenvalue weighted by atomic mass is 10.0. The van der Waals surface area contributed by atoms with E-state index in [0.717, 1.165) is 12.1 Å². The molecular weight excluding hydrogens is 232 g/mol. The van der Waals surface area contributed by atoms with Crippen molar-refractivity contribution in [2.45, 2.75) is 19.8 Å². The maximum Gasteiger partial charge on any atom is 0.303 e. The number of primary amides is 1. The molecule has 4 N–H and O–H groups in total. The van der Waals surface area contributed by atoms with Crippen LogP contribution in [0.3, 0.4) is 0 Å². The molecule has 0 radical (unpaired) electrons. The fourth-order valence-corrected chi connectivity index (χ4v) is 1.62. The third-order valence-electron chi connectivity index (χ3n) is 2.80. The molecule has 18 heavy (non-hydrogen) atoms. The summed E-state index contributed by atoms with van der Waals surface area (Å²) in [5.41, 5.74) is 6.45. The Balaban J connectivity index is 2.52. The minimum absolute atomic E-state index is 0.0957. The Bertz CT molecular complexity index is 415. The number of nitrogens with two attached hydrogens (primary N) is 1. The first-order chi connectivity index (χ1) is 8.52. The van der Waals surface area contributed by atoms with Crippen LogP contribution in [0.1, 0.15) is 30.1 Å². The van der Waals surface area contributed by atoms with Gasteiger partial charge in [0.2, 0.25) is 5.91 Å². The summed E-state index contributed by atoms with van der Waals surface area (Å²) >= 11 is 0. The molecule has 0 fully saturated rings. The van der Waals surface area contributed by atoms with Crippen LogP contribution < -0.4 is 11.1 Å². The molecular formula is C13H18N2O3. The molecule has 0 saturated heterocycles. The third-order valence-corrected chi connectivity index (χ3v) is 2.80. The Kier molecular flexibility index (Phi) is 5.17. The first-order valence-corrected chi connectivity index (χ1v) is 5.88. The molecule has 0 aliphatic heterocycles. The Hall–Kier alpha value is -2.04. The zero-order valence-corrected chi connectivity index (χ0v) is 10.3. The van der Waals surface area contributed by atoms with Crippen molar-refractivity contribution in [2.75, 3.05) is 11.9 Å². The molecule has 1 aromatic rings. The van der Waals surface area contributed by atoms with Crippen LogP contribution in [-0.4, -0.2) is 23.5 Å². The highest BCUT2D eigenvalue weighted by molar-refractivity contribution is 5.93. The number of benzene rings is 1. The summed E-state index contributed by atoms with van der Waals surface area (Å²) < 4.78 is 0. The Labute approximate surface area is 106 Å². The highest BCUT2D eigenvalue weighted by Gasteiger charge is 2.10. The van der Waals surface area contributed by atoms with Gasteiger partial charge in [0, 0.05) is 24.2 Å². The second kappa shape index (κ2) is 6.64. The van der Waals surface area contributed by atoms with Crippen molar-refractivity contribution in [3.05, 3.63) is 29.8 Å². The van der Waals surface area contributed by atoms with E-state index in [1.807, 2.05) is 6.92 Å². The molecule has 0 heterocycles.